The summed E-state index contributed by atoms with van der Waals surface area (Å²) in [7, 11) is 0. The molecule has 2 N–H and O–H groups in total. The second kappa shape index (κ2) is 16.7. The average Bonchev–Trinajstić information content (AvgIpc) is 3.47. The van der Waals surface area contributed by atoms with Crippen molar-refractivity contribution in [2.75, 3.05) is 57.3 Å². The van der Waals surface area contributed by atoms with Crippen LogP contribution in [0.25, 0.3) is 0 Å². The number of fused-ring (bicyclic) bond motifs is 1. The van der Waals surface area contributed by atoms with Crippen molar-refractivity contribution in [1.82, 2.24) is 35.3 Å². The van der Waals surface area contributed by atoms with E-state index in [2.05, 4.69) is 69.1 Å². The van der Waals surface area contributed by atoms with Crippen LogP contribution >= 0.6 is 11.6 Å². The number of nitrogens with zero attached hydrogens (tertiary/aromatic N) is 7. The van der Waals surface area contributed by atoms with Crippen LogP contribution in [0.4, 0.5) is 5.95 Å². The first-order valence-corrected chi connectivity index (χ1v) is 21.2. The zero-order chi connectivity index (χ0) is 43.2. The third-order valence-electron chi connectivity index (χ3n) is 12.8. The lowest BCUT2D eigenvalue weighted by Crippen LogP contribution is -2.74. The number of hydrogen-bond acceptors (Lipinski definition) is 13. The molecule has 5 aliphatic rings. The number of anilines is 1. The summed E-state index contributed by atoms with van der Waals surface area (Å²) >= 11 is 6.24. The van der Waals surface area contributed by atoms with Crippen molar-refractivity contribution >= 4 is 47.1 Å². The molecule has 3 aromatic rings. The van der Waals surface area contributed by atoms with Gasteiger partial charge in [0.1, 0.15) is 35.8 Å². The van der Waals surface area contributed by atoms with Crippen molar-refractivity contribution in [1.29, 1.82) is 5.26 Å². The third kappa shape index (κ3) is 8.26. The number of ether oxygens (including phenoxy) is 2. The van der Waals surface area contributed by atoms with E-state index in [1.807, 2.05) is 0 Å². The summed E-state index contributed by atoms with van der Waals surface area (Å²) in [6.45, 7) is 15.2. The number of hydrogen-bond donors (Lipinski definition) is 2. The number of aromatic nitrogens is 2. The number of nitriles is 1. The minimum atomic E-state index is -0.998. The Morgan fingerprint density at radius 3 is 2.18 bits per heavy atom. The van der Waals surface area contributed by atoms with Gasteiger partial charge in [0.25, 0.3) is 17.7 Å². The first-order valence-electron chi connectivity index (χ1n) is 20.8. The molecule has 1 aliphatic carbocycles. The maximum Gasteiger partial charge on any atom is 0.262 e. The normalized spacial score (nSPS) is 23.7. The Bertz CT molecular complexity index is 2270. The number of piperidine rings is 1. The zero-order valence-corrected chi connectivity index (χ0v) is 35.5. The maximum absolute atomic E-state index is 13.4. The molecular formula is C44H50ClN9O7. The number of halogens is 1. The van der Waals surface area contributed by atoms with Gasteiger partial charge in [-0.25, -0.2) is 9.97 Å². The fraction of sp³-hybridized carbons (Fsp3) is 0.500. The second-order valence-electron chi connectivity index (χ2n) is 17.8. The molecule has 1 atom stereocenters. The fourth-order valence-electron chi connectivity index (χ4n) is 9.75. The minimum Gasteiger partial charge on any atom is -0.489 e. The summed E-state index contributed by atoms with van der Waals surface area (Å²) in [6, 6.07) is 10.8. The summed E-state index contributed by atoms with van der Waals surface area (Å²) in [5, 5.41) is 15.0. The van der Waals surface area contributed by atoms with E-state index in [-0.39, 0.29) is 59.0 Å². The highest BCUT2D eigenvalue weighted by Gasteiger charge is 2.64. The highest BCUT2D eigenvalue weighted by molar-refractivity contribution is 6.31. The highest BCUT2D eigenvalue weighted by atomic mass is 35.5. The highest BCUT2D eigenvalue weighted by Crippen LogP contribution is 2.55. The number of likely N-dealkylation sites (tertiary alicyclic amines) is 1. The number of amides is 5. The molecule has 5 heterocycles. The van der Waals surface area contributed by atoms with Gasteiger partial charge < -0.3 is 19.7 Å². The molecule has 0 spiro atoms. The van der Waals surface area contributed by atoms with E-state index in [0.29, 0.717) is 33.6 Å². The number of unbranched alkanes of at least 4 members (excludes halogenated alkanes) is 1. The topological polar surface area (TPSA) is 190 Å². The monoisotopic (exact) mass is 851 g/mol. The molecule has 17 heteroatoms. The van der Waals surface area contributed by atoms with E-state index in [4.69, 9.17) is 21.1 Å². The van der Waals surface area contributed by atoms with Gasteiger partial charge >= 0.3 is 0 Å². The molecule has 3 saturated heterocycles. The molecule has 1 aromatic heterocycles. The van der Waals surface area contributed by atoms with E-state index >= 15 is 0 Å². The Balaban J connectivity index is 0.722. The molecule has 4 fully saturated rings. The van der Waals surface area contributed by atoms with Crippen molar-refractivity contribution in [3.63, 3.8) is 0 Å². The van der Waals surface area contributed by atoms with E-state index < -0.39 is 29.7 Å². The van der Waals surface area contributed by atoms with Gasteiger partial charge in [0.15, 0.2) is 0 Å². The molecule has 1 unspecified atom stereocenters. The van der Waals surface area contributed by atoms with Crippen LogP contribution in [-0.2, 0) is 9.59 Å². The molecule has 16 nitrogen and oxygen atoms in total. The second-order valence-corrected chi connectivity index (χ2v) is 18.2. The summed E-state index contributed by atoms with van der Waals surface area (Å²) < 4.78 is 12.5. The SMILES string of the molecule is CC1(C)C(NC(=O)c2cnc(N3CCN(CCCCN4CC(Oc5ccc6c(c5)C(=O)N(C5CCC(=O)NC5=O)C6=O)C4)CC3)nc2)C(C)(C)C1Oc1ccc(C#N)c(Cl)c1. The van der Waals surface area contributed by atoms with E-state index in [1.165, 1.54) is 0 Å². The van der Waals surface area contributed by atoms with Gasteiger partial charge in [-0.05, 0) is 62.7 Å². The van der Waals surface area contributed by atoms with Gasteiger partial charge in [-0.1, -0.05) is 39.3 Å². The van der Waals surface area contributed by atoms with Crippen LogP contribution in [0.3, 0.4) is 0 Å². The predicted octanol–water partition coefficient (Wildman–Crippen LogP) is 3.68. The smallest absolute Gasteiger partial charge is 0.262 e. The van der Waals surface area contributed by atoms with Crippen LogP contribution in [0.5, 0.6) is 11.5 Å². The average molecular weight is 852 g/mol. The van der Waals surface area contributed by atoms with Crippen molar-refractivity contribution < 1.29 is 33.4 Å². The Kier molecular flexibility index (Phi) is 11.5. The van der Waals surface area contributed by atoms with Gasteiger partial charge in [0.05, 0.1) is 27.3 Å². The van der Waals surface area contributed by atoms with E-state index in [9.17, 15) is 29.2 Å². The molecular weight excluding hydrogens is 802 g/mol. The van der Waals surface area contributed by atoms with E-state index in [1.54, 1.807) is 48.8 Å². The molecule has 1 saturated carbocycles. The standard InChI is InChI=1S/C44H50ClN9O7/c1-43(2)40(44(3,4)41(43)61-29-8-7-26(21-46)33(45)20-29)50-36(56)27-22-47-42(48-23-27)53-17-15-51(16-18-53)13-5-6-14-52-24-30(25-52)60-28-9-10-31-32(19-28)39(59)54(38(31)58)34-11-12-35(55)49-37(34)57/h7-10,19-20,22-23,30,34,40-41H,5-6,11-18,24-25H2,1-4H3,(H,50,56)(H,49,55,57). The first-order chi connectivity index (χ1) is 29.1. The first kappa shape index (κ1) is 42.1. The molecule has 8 rings (SSSR count). The van der Waals surface area contributed by atoms with Crippen LogP contribution in [0.1, 0.15) is 90.0 Å². The van der Waals surface area contributed by atoms with Gasteiger partial charge in [-0.3, -0.25) is 44.0 Å². The van der Waals surface area contributed by atoms with Crippen LogP contribution < -0.4 is 25.0 Å². The lowest BCUT2D eigenvalue weighted by Gasteiger charge is -2.63. The largest absolute Gasteiger partial charge is 0.489 e. The van der Waals surface area contributed by atoms with Gasteiger partial charge in [-0.15, -0.1) is 0 Å². The number of carbonyl (C=O) groups excluding carboxylic acids is 5. The predicted molar refractivity (Wildman–Crippen MR) is 223 cm³/mol. The van der Waals surface area contributed by atoms with E-state index in [0.717, 1.165) is 70.1 Å². The van der Waals surface area contributed by atoms with Crippen LogP contribution in [0.2, 0.25) is 5.02 Å². The summed E-state index contributed by atoms with van der Waals surface area (Å²) in [5.74, 6) is -0.658. The van der Waals surface area contributed by atoms with Crippen LogP contribution in [-0.4, -0.2) is 131 Å². The molecule has 0 radical (unpaired) electrons. The van der Waals surface area contributed by atoms with Crippen molar-refractivity contribution in [2.45, 2.75) is 77.7 Å². The van der Waals surface area contributed by atoms with Crippen molar-refractivity contribution in [2.24, 2.45) is 10.8 Å². The number of benzene rings is 2. The third-order valence-corrected chi connectivity index (χ3v) is 13.1. The minimum absolute atomic E-state index is 0.0204. The number of rotatable bonds is 13. The van der Waals surface area contributed by atoms with Gasteiger partial charge in [0.2, 0.25) is 17.8 Å². The Hall–Kier alpha value is -5.63. The summed E-state index contributed by atoms with van der Waals surface area (Å²) in [6.07, 6.45) is 5.27. The quantitative estimate of drug-likeness (QED) is 0.187. The summed E-state index contributed by atoms with van der Waals surface area (Å²) in [4.78, 5) is 80.5. The Morgan fingerprint density at radius 2 is 1.52 bits per heavy atom. The molecule has 61 heavy (non-hydrogen) atoms. The van der Waals surface area contributed by atoms with Gasteiger partial charge in [0, 0.05) is 81.0 Å². The number of piperazine rings is 1. The molecule has 5 amide bonds. The summed E-state index contributed by atoms with van der Waals surface area (Å²) in [5.41, 5.74) is 0.455. The molecule has 320 valence electrons. The lowest BCUT2D eigenvalue weighted by molar-refractivity contribution is -0.164. The zero-order valence-electron chi connectivity index (χ0n) is 34.8. The Morgan fingerprint density at radius 1 is 0.885 bits per heavy atom. The van der Waals surface area contributed by atoms with Gasteiger partial charge in [-0.2, -0.15) is 5.26 Å². The number of carbonyl (C=O) groups is 5. The van der Waals surface area contributed by atoms with Crippen LogP contribution in [0, 0.1) is 22.2 Å². The molecule has 0 bridgehead atoms. The Labute approximate surface area is 359 Å². The number of nitrogens with one attached hydrogen (secondary N) is 2. The van der Waals surface area contributed by atoms with Crippen molar-refractivity contribution in [3.8, 4) is 17.6 Å². The lowest BCUT2D eigenvalue weighted by atomic mass is 9.49. The molecule has 2 aromatic carbocycles. The molecule has 4 aliphatic heterocycles. The van der Waals surface area contributed by atoms with Crippen molar-refractivity contribution in [3.05, 3.63) is 76.1 Å². The fourth-order valence-corrected chi connectivity index (χ4v) is 9.96. The number of imide groups is 2. The maximum atomic E-state index is 13.4. The van der Waals surface area contributed by atoms with Crippen LogP contribution in [0.15, 0.2) is 48.8 Å².